The molecule has 44 valence electrons. The van der Waals surface area contributed by atoms with Gasteiger partial charge in [-0.1, -0.05) is 0 Å². The molecule has 0 aromatic rings. The number of hydrogen-bond donors (Lipinski definition) is 2. The van der Waals surface area contributed by atoms with Gasteiger partial charge in [0.15, 0.2) is 0 Å². The number of nitrogens with one attached hydrogen (secondary N) is 1. The van der Waals surface area contributed by atoms with Gasteiger partial charge >= 0.3 is 0 Å². The fourth-order valence-electron chi connectivity index (χ4n) is 0.220. The largest absolute Gasteiger partial charge is 0.290 e. The summed E-state index contributed by atoms with van der Waals surface area (Å²) in [7, 11) is 0. The fourth-order valence-corrected chi connectivity index (χ4v) is 0.220. The molecule has 2 N–H and O–H groups in total. The molecule has 0 aromatic heterocycles. The third-order valence-corrected chi connectivity index (χ3v) is 0.502. The average Bonchev–Trinajstić information content (AvgIpc) is 1.81. The highest BCUT2D eigenvalue weighted by atomic mass is 16.5. The molecule has 0 amide bonds. The quantitative estimate of drug-likeness (QED) is 0.232. The molecule has 0 aliphatic rings. The first kappa shape index (κ1) is 6.92. The second kappa shape index (κ2) is 5.92. The van der Waals surface area contributed by atoms with Crippen LogP contribution < -0.4 is 5.48 Å². The number of nitriles is 1. The van der Waals surface area contributed by atoms with Gasteiger partial charge < -0.3 is 0 Å². The number of aliphatic imine (C=N–C) groups is 1. The van der Waals surface area contributed by atoms with Gasteiger partial charge in [-0.3, -0.25) is 15.7 Å². The summed E-state index contributed by atoms with van der Waals surface area (Å²) in [6.45, 7) is 0.435. The van der Waals surface area contributed by atoms with Gasteiger partial charge in [0.2, 0.25) is 0 Å². The molecular formula is C4H7N3O. The highest BCUT2D eigenvalue weighted by molar-refractivity contribution is 5.52. The van der Waals surface area contributed by atoms with Crippen molar-refractivity contribution in [3.63, 3.8) is 0 Å². The Bertz CT molecular complexity index is 104. The molecule has 0 unspecified atom stereocenters. The smallest absolute Gasteiger partial charge is 0.107 e. The SMILES string of the molecule is N#CCCN=CNO. The van der Waals surface area contributed by atoms with Crippen LogP contribution in [0.25, 0.3) is 0 Å². The normalized spacial score (nSPS) is 9.00. The molecule has 4 heteroatoms. The summed E-state index contributed by atoms with van der Waals surface area (Å²) in [5.74, 6) is 0. The molecule has 0 saturated carbocycles. The van der Waals surface area contributed by atoms with Gasteiger partial charge in [0.1, 0.15) is 6.34 Å². The van der Waals surface area contributed by atoms with Crippen LogP contribution >= 0.6 is 0 Å². The predicted molar refractivity (Wildman–Crippen MR) is 28.5 cm³/mol. The lowest BCUT2D eigenvalue weighted by molar-refractivity contribution is 0.239. The van der Waals surface area contributed by atoms with Crippen molar-refractivity contribution in [2.45, 2.75) is 6.42 Å². The minimum absolute atomic E-state index is 0.387. The van der Waals surface area contributed by atoms with Gasteiger partial charge in [-0.15, -0.1) is 0 Å². The Kier molecular flexibility index (Phi) is 5.12. The highest BCUT2D eigenvalue weighted by Crippen LogP contribution is 1.72. The number of hydrogen-bond acceptors (Lipinski definition) is 3. The zero-order valence-electron chi connectivity index (χ0n) is 4.33. The summed E-state index contributed by atoms with van der Waals surface area (Å²) in [6.07, 6.45) is 1.52. The molecule has 0 rings (SSSR count). The lowest BCUT2D eigenvalue weighted by atomic mass is 10.5. The Hall–Kier alpha value is -1.08. The molecular weight excluding hydrogens is 106 g/mol. The van der Waals surface area contributed by atoms with Crippen LogP contribution in [-0.2, 0) is 0 Å². The Balaban J connectivity index is 2.94. The van der Waals surface area contributed by atoms with E-state index in [2.05, 4.69) is 4.99 Å². The lowest BCUT2D eigenvalue weighted by Gasteiger charge is -1.81. The Morgan fingerprint density at radius 2 is 2.62 bits per heavy atom. The minimum atomic E-state index is 0.387. The third kappa shape index (κ3) is 4.92. The van der Waals surface area contributed by atoms with Gasteiger partial charge in [0, 0.05) is 0 Å². The van der Waals surface area contributed by atoms with E-state index in [-0.39, 0.29) is 0 Å². The first-order valence-corrected chi connectivity index (χ1v) is 2.16. The molecule has 0 atom stereocenters. The maximum absolute atomic E-state index is 7.96. The van der Waals surface area contributed by atoms with Crippen LogP contribution in [0.3, 0.4) is 0 Å². The summed E-state index contributed by atoms with van der Waals surface area (Å²) in [5.41, 5.74) is 1.73. The van der Waals surface area contributed by atoms with E-state index in [1.54, 1.807) is 5.48 Å². The Morgan fingerprint density at radius 1 is 1.88 bits per heavy atom. The van der Waals surface area contributed by atoms with E-state index in [4.69, 9.17) is 10.5 Å². The van der Waals surface area contributed by atoms with E-state index in [9.17, 15) is 0 Å². The lowest BCUT2D eigenvalue weighted by Crippen LogP contribution is -2.02. The second-order valence-corrected chi connectivity index (χ2v) is 1.07. The van der Waals surface area contributed by atoms with E-state index in [1.165, 1.54) is 0 Å². The molecule has 0 aliphatic heterocycles. The molecule has 0 aromatic carbocycles. The van der Waals surface area contributed by atoms with Crippen molar-refractivity contribution in [1.82, 2.24) is 5.48 Å². The molecule has 0 radical (unpaired) electrons. The van der Waals surface area contributed by atoms with Gasteiger partial charge in [-0.05, 0) is 0 Å². The Morgan fingerprint density at radius 3 is 3.12 bits per heavy atom. The van der Waals surface area contributed by atoms with Crippen molar-refractivity contribution in [3.8, 4) is 6.07 Å². The standard InChI is InChI=1S/C4H7N3O/c5-2-1-3-6-4-7-8/h4,8H,1,3H2,(H,6,7). The van der Waals surface area contributed by atoms with Gasteiger partial charge in [-0.2, -0.15) is 5.26 Å². The summed E-state index contributed by atoms with van der Waals surface area (Å²) < 4.78 is 0. The molecule has 0 heterocycles. The molecule has 8 heavy (non-hydrogen) atoms. The van der Waals surface area contributed by atoms with Crippen LogP contribution in [-0.4, -0.2) is 18.1 Å². The van der Waals surface area contributed by atoms with Crippen LogP contribution in [0.1, 0.15) is 6.42 Å². The fraction of sp³-hybridized carbons (Fsp3) is 0.500. The van der Waals surface area contributed by atoms with Crippen molar-refractivity contribution in [2.75, 3.05) is 6.54 Å². The molecule has 0 spiro atoms. The van der Waals surface area contributed by atoms with E-state index in [0.717, 1.165) is 6.34 Å². The minimum Gasteiger partial charge on any atom is -0.290 e. The number of rotatable bonds is 3. The van der Waals surface area contributed by atoms with E-state index in [0.29, 0.717) is 13.0 Å². The summed E-state index contributed by atoms with van der Waals surface area (Å²) in [6, 6.07) is 1.90. The van der Waals surface area contributed by atoms with Crippen molar-refractivity contribution in [1.29, 1.82) is 5.26 Å². The molecule has 0 saturated heterocycles. The van der Waals surface area contributed by atoms with Crippen LogP contribution in [0.5, 0.6) is 0 Å². The molecule has 0 fully saturated rings. The molecule has 0 aliphatic carbocycles. The molecule has 4 nitrogen and oxygen atoms in total. The zero-order chi connectivity index (χ0) is 6.24. The first-order valence-electron chi connectivity index (χ1n) is 2.16. The third-order valence-electron chi connectivity index (χ3n) is 0.502. The summed E-state index contributed by atoms with van der Waals surface area (Å²) >= 11 is 0. The number of hydroxylamine groups is 1. The Labute approximate surface area is 47.4 Å². The summed E-state index contributed by atoms with van der Waals surface area (Å²) in [4.78, 5) is 3.57. The highest BCUT2D eigenvalue weighted by Gasteiger charge is 1.73. The first-order chi connectivity index (χ1) is 3.91. The van der Waals surface area contributed by atoms with Crippen molar-refractivity contribution >= 4 is 6.34 Å². The van der Waals surface area contributed by atoms with E-state index in [1.807, 2.05) is 6.07 Å². The van der Waals surface area contributed by atoms with Crippen LogP contribution in [0, 0.1) is 11.3 Å². The predicted octanol–water partition coefficient (Wildman–Crippen LogP) is -0.0928. The van der Waals surface area contributed by atoms with Crippen molar-refractivity contribution in [2.24, 2.45) is 4.99 Å². The maximum Gasteiger partial charge on any atom is 0.107 e. The van der Waals surface area contributed by atoms with E-state index >= 15 is 0 Å². The maximum atomic E-state index is 7.96. The topological polar surface area (TPSA) is 68.4 Å². The van der Waals surface area contributed by atoms with Gasteiger partial charge in [0.05, 0.1) is 19.0 Å². The van der Waals surface area contributed by atoms with Crippen molar-refractivity contribution in [3.05, 3.63) is 0 Å². The van der Waals surface area contributed by atoms with Gasteiger partial charge in [0.25, 0.3) is 0 Å². The second-order valence-electron chi connectivity index (χ2n) is 1.07. The van der Waals surface area contributed by atoms with Gasteiger partial charge in [-0.25, -0.2) is 0 Å². The van der Waals surface area contributed by atoms with Crippen molar-refractivity contribution < 1.29 is 5.21 Å². The van der Waals surface area contributed by atoms with E-state index < -0.39 is 0 Å². The monoisotopic (exact) mass is 113 g/mol. The van der Waals surface area contributed by atoms with Crippen LogP contribution in [0.4, 0.5) is 0 Å². The summed E-state index contributed by atoms with van der Waals surface area (Å²) in [5, 5.41) is 15.8. The van der Waals surface area contributed by atoms with Crippen LogP contribution in [0.15, 0.2) is 4.99 Å². The molecule has 0 bridgehead atoms. The van der Waals surface area contributed by atoms with Crippen LogP contribution in [0.2, 0.25) is 0 Å². The average molecular weight is 113 g/mol. The number of nitrogens with zero attached hydrogens (tertiary/aromatic N) is 2. The zero-order valence-corrected chi connectivity index (χ0v) is 4.33.